The van der Waals surface area contributed by atoms with Gasteiger partial charge >= 0.3 is 0 Å². The molecule has 1 aliphatic rings. The Kier molecular flexibility index (Phi) is 10.5. The molecule has 1 atom stereocenters. The first-order valence-corrected chi connectivity index (χ1v) is 13.0. The van der Waals surface area contributed by atoms with Crippen LogP contribution in [0.2, 0.25) is 0 Å². The summed E-state index contributed by atoms with van der Waals surface area (Å²) in [6, 6.07) is 16.0. The summed E-state index contributed by atoms with van der Waals surface area (Å²) in [5.74, 6) is 0.175. The summed E-state index contributed by atoms with van der Waals surface area (Å²) in [7, 11) is 1.79. The Balaban J connectivity index is 0.000000449. The van der Waals surface area contributed by atoms with Crippen LogP contribution in [0.1, 0.15) is 31.9 Å². The van der Waals surface area contributed by atoms with E-state index in [0.29, 0.717) is 31.8 Å². The molecule has 1 aliphatic carbocycles. The molecule has 3 aromatic rings. The minimum Gasteiger partial charge on any atom is -0.492 e. The number of likely N-dealkylation sites (N-methyl/N-ethyl adjacent to an activating group) is 2. The van der Waals surface area contributed by atoms with Gasteiger partial charge in [-0.15, -0.1) is 0 Å². The van der Waals surface area contributed by atoms with E-state index >= 15 is 0 Å². The molecule has 2 aromatic carbocycles. The maximum Gasteiger partial charge on any atom is 0.242 e. The zero-order valence-corrected chi connectivity index (χ0v) is 22.8. The molecule has 2 amide bonds. The highest BCUT2D eigenvalue weighted by Gasteiger charge is 2.30. The Morgan fingerprint density at radius 1 is 1.03 bits per heavy atom. The maximum atomic E-state index is 12.6. The molecule has 1 unspecified atom stereocenters. The first-order chi connectivity index (χ1) is 18.6. The zero-order valence-electron chi connectivity index (χ0n) is 22.8. The molecule has 0 bridgehead atoms. The van der Waals surface area contributed by atoms with Crippen molar-refractivity contribution in [1.29, 1.82) is 0 Å². The minimum atomic E-state index is -0.595. The molecule has 4 rings (SSSR count). The second-order valence-corrected chi connectivity index (χ2v) is 9.91. The highest BCUT2D eigenvalue weighted by molar-refractivity contribution is 5.92. The number of hydrogen-bond donors (Lipinski definition) is 2. The molecule has 0 saturated heterocycles. The molecule has 39 heavy (non-hydrogen) atoms. The molecule has 9 heteroatoms. The highest BCUT2D eigenvalue weighted by Crippen LogP contribution is 2.30. The molecule has 0 radical (unpaired) electrons. The number of halogens is 2. The van der Waals surface area contributed by atoms with Crippen LogP contribution in [0, 0.1) is 17.6 Å². The van der Waals surface area contributed by atoms with Gasteiger partial charge in [-0.25, -0.2) is 13.8 Å². The van der Waals surface area contributed by atoms with Crippen molar-refractivity contribution in [3.63, 3.8) is 0 Å². The Morgan fingerprint density at radius 2 is 1.74 bits per heavy atom. The molecule has 1 aromatic heterocycles. The van der Waals surface area contributed by atoms with E-state index in [4.69, 9.17) is 4.74 Å². The Hall–Kier alpha value is -3.85. The number of pyridine rings is 1. The van der Waals surface area contributed by atoms with E-state index < -0.39 is 17.2 Å². The second-order valence-electron chi connectivity index (χ2n) is 9.91. The third-order valence-electron chi connectivity index (χ3n) is 6.38. The average Bonchev–Trinajstić information content (AvgIpc) is 3.33. The third-order valence-corrected chi connectivity index (χ3v) is 6.38. The van der Waals surface area contributed by atoms with Crippen molar-refractivity contribution in [3.05, 3.63) is 89.6 Å². The van der Waals surface area contributed by atoms with Gasteiger partial charge in [0.15, 0.2) is 0 Å². The molecule has 7 nitrogen and oxygen atoms in total. The van der Waals surface area contributed by atoms with Crippen LogP contribution in [0.15, 0.2) is 66.9 Å². The lowest BCUT2D eigenvalue weighted by Gasteiger charge is -2.30. The predicted octanol–water partition coefficient (Wildman–Crippen LogP) is 4.63. The van der Waals surface area contributed by atoms with Crippen molar-refractivity contribution in [3.8, 4) is 5.75 Å². The van der Waals surface area contributed by atoms with Gasteiger partial charge in [0.25, 0.3) is 0 Å². The van der Waals surface area contributed by atoms with Gasteiger partial charge < -0.3 is 20.3 Å². The summed E-state index contributed by atoms with van der Waals surface area (Å²) in [6.45, 7) is 7.40. The molecular formula is C30H36F2N4O3. The molecular weight excluding hydrogens is 502 g/mol. The van der Waals surface area contributed by atoms with Gasteiger partial charge in [-0.3, -0.25) is 9.59 Å². The van der Waals surface area contributed by atoms with E-state index in [-0.39, 0.29) is 17.7 Å². The monoisotopic (exact) mass is 538 g/mol. The summed E-state index contributed by atoms with van der Waals surface area (Å²) in [5.41, 5.74) is 1.71. The number of anilines is 1. The molecule has 0 saturated carbocycles. The SMILES string of the molecule is CCNC(C)(C)C(=O)N(C)CCOc1ccc2c(c1)CC(C(=O)Nc1ccccn1)C2.Fc1cccc(F)c1. The third kappa shape index (κ3) is 8.85. The summed E-state index contributed by atoms with van der Waals surface area (Å²) < 4.78 is 29.7. The predicted molar refractivity (Wildman–Crippen MR) is 147 cm³/mol. The van der Waals surface area contributed by atoms with Crippen LogP contribution in [0.3, 0.4) is 0 Å². The fraction of sp³-hybridized carbons (Fsp3) is 0.367. The van der Waals surface area contributed by atoms with Crippen LogP contribution in [0.4, 0.5) is 14.6 Å². The minimum absolute atomic E-state index is 0.0131. The maximum absolute atomic E-state index is 12.6. The number of carbonyl (C=O) groups excluding carboxylic acids is 2. The first-order valence-electron chi connectivity index (χ1n) is 13.0. The van der Waals surface area contributed by atoms with E-state index in [0.717, 1.165) is 23.9 Å². The van der Waals surface area contributed by atoms with E-state index in [2.05, 4.69) is 15.6 Å². The van der Waals surface area contributed by atoms with Crippen molar-refractivity contribution in [2.45, 2.75) is 39.2 Å². The van der Waals surface area contributed by atoms with Crippen molar-refractivity contribution in [1.82, 2.24) is 15.2 Å². The number of rotatable bonds is 9. The quantitative estimate of drug-likeness (QED) is 0.415. The van der Waals surface area contributed by atoms with Crippen molar-refractivity contribution in [2.75, 3.05) is 32.1 Å². The van der Waals surface area contributed by atoms with E-state index in [1.807, 2.05) is 51.1 Å². The number of fused-ring (bicyclic) bond motifs is 1. The van der Waals surface area contributed by atoms with Crippen molar-refractivity contribution >= 4 is 17.6 Å². The number of aromatic nitrogens is 1. The number of benzene rings is 2. The molecule has 0 spiro atoms. The Labute approximate surface area is 228 Å². The van der Waals surface area contributed by atoms with Gasteiger partial charge in [0.05, 0.1) is 12.1 Å². The smallest absolute Gasteiger partial charge is 0.242 e. The van der Waals surface area contributed by atoms with Crippen LogP contribution in [-0.4, -0.2) is 54.0 Å². The first kappa shape index (κ1) is 29.7. The summed E-state index contributed by atoms with van der Waals surface area (Å²) in [4.78, 5) is 31.0. The lowest BCUT2D eigenvalue weighted by Crippen LogP contribution is -2.53. The van der Waals surface area contributed by atoms with Crippen molar-refractivity contribution in [2.24, 2.45) is 5.92 Å². The highest BCUT2D eigenvalue weighted by atomic mass is 19.1. The second kappa shape index (κ2) is 13.8. The van der Waals surface area contributed by atoms with Gasteiger partial charge in [0, 0.05) is 25.2 Å². The lowest BCUT2D eigenvalue weighted by molar-refractivity contribution is -0.136. The van der Waals surface area contributed by atoms with Crippen LogP contribution >= 0.6 is 0 Å². The Morgan fingerprint density at radius 3 is 2.36 bits per heavy atom. The fourth-order valence-electron chi connectivity index (χ4n) is 4.39. The summed E-state index contributed by atoms with van der Waals surface area (Å²) >= 11 is 0. The molecule has 0 aliphatic heterocycles. The topological polar surface area (TPSA) is 83.6 Å². The molecule has 208 valence electrons. The van der Waals surface area contributed by atoms with Crippen LogP contribution < -0.4 is 15.4 Å². The standard InChI is InChI=1S/C24H32N4O3.C6H4F2/c1-5-26-24(2,3)23(30)28(4)12-13-31-20-10-9-17-14-19(15-18(17)16-20)22(29)27-21-8-6-7-11-25-21;7-5-2-1-3-6(8)4-5/h6-11,16,19,26H,5,12-15H2,1-4H3,(H,25,27,29);1-4H. The van der Waals surface area contributed by atoms with Gasteiger partial charge in [0.2, 0.25) is 11.8 Å². The number of ether oxygens (including phenoxy) is 1. The normalized spacial score (nSPS) is 14.1. The summed E-state index contributed by atoms with van der Waals surface area (Å²) in [5, 5.41) is 6.09. The zero-order chi connectivity index (χ0) is 28.4. The number of nitrogens with one attached hydrogen (secondary N) is 2. The van der Waals surface area contributed by atoms with Crippen LogP contribution in [-0.2, 0) is 22.4 Å². The number of nitrogens with zero attached hydrogens (tertiary/aromatic N) is 2. The van der Waals surface area contributed by atoms with Gasteiger partial charge in [-0.2, -0.15) is 0 Å². The number of amides is 2. The molecule has 0 fully saturated rings. The van der Waals surface area contributed by atoms with Gasteiger partial charge in [-0.1, -0.05) is 25.1 Å². The van der Waals surface area contributed by atoms with E-state index in [9.17, 15) is 18.4 Å². The molecule has 2 N–H and O–H groups in total. The number of carbonyl (C=O) groups is 2. The van der Waals surface area contributed by atoms with Gasteiger partial charge in [-0.05, 0) is 80.8 Å². The Bertz CT molecular complexity index is 1240. The van der Waals surface area contributed by atoms with Gasteiger partial charge in [0.1, 0.15) is 29.8 Å². The number of hydrogen-bond acceptors (Lipinski definition) is 5. The largest absolute Gasteiger partial charge is 0.492 e. The van der Waals surface area contributed by atoms with Crippen LogP contribution in [0.5, 0.6) is 5.75 Å². The van der Waals surface area contributed by atoms with Crippen molar-refractivity contribution < 1.29 is 23.1 Å². The van der Waals surface area contributed by atoms with Crippen LogP contribution in [0.25, 0.3) is 0 Å². The fourth-order valence-corrected chi connectivity index (χ4v) is 4.39. The molecule has 1 heterocycles. The lowest BCUT2D eigenvalue weighted by atomic mass is 10.0. The van der Waals surface area contributed by atoms with E-state index in [1.165, 1.54) is 23.8 Å². The average molecular weight is 539 g/mol. The summed E-state index contributed by atoms with van der Waals surface area (Å²) in [6.07, 6.45) is 3.06. The van der Waals surface area contributed by atoms with E-state index in [1.54, 1.807) is 24.2 Å².